The standard InChI is InChI=1S/C16H28N4O/c1-3-17-14-11-15(20-16(19-14)12-21-2)18-13-9-7-5-4-6-8-10-13/h11,13H,3-10,12H2,1-2H3,(H2,17,18,19,20). The molecule has 1 aromatic heterocycles. The lowest BCUT2D eigenvalue weighted by Gasteiger charge is -2.22. The molecular formula is C16H28N4O. The van der Waals surface area contributed by atoms with E-state index in [4.69, 9.17) is 4.74 Å². The van der Waals surface area contributed by atoms with E-state index in [1.807, 2.05) is 6.07 Å². The fourth-order valence-corrected chi connectivity index (χ4v) is 2.85. The van der Waals surface area contributed by atoms with E-state index in [0.717, 1.165) is 24.0 Å². The second-order valence-electron chi connectivity index (χ2n) is 5.70. The van der Waals surface area contributed by atoms with Crippen LogP contribution in [-0.2, 0) is 11.3 Å². The predicted molar refractivity (Wildman–Crippen MR) is 86.6 cm³/mol. The van der Waals surface area contributed by atoms with Gasteiger partial charge >= 0.3 is 0 Å². The van der Waals surface area contributed by atoms with Gasteiger partial charge in [-0.3, -0.25) is 0 Å². The lowest BCUT2D eigenvalue weighted by molar-refractivity contribution is 0.178. The first-order valence-electron chi connectivity index (χ1n) is 8.19. The molecule has 0 aromatic carbocycles. The Bertz CT molecular complexity index is 392. The summed E-state index contributed by atoms with van der Waals surface area (Å²) >= 11 is 0. The van der Waals surface area contributed by atoms with Crippen molar-refractivity contribution in [1.29, 1.82) is 0 Å². The molecule has 0 spiro atoms. The van der Waals surface area contributed by atoms with E-state index in [1.165, 1.54) is 44.9 Å². The molecule has 0 aliphatic heterocycles. The van der Waals surface area contributed by atoms with Gasteiger partial charge in [0.05, 0.1) is 0 Å². The van der Waals surface area contributed by atoms with Crippen molar-refractivity contribution >= 4 is 11.6 Å². The Hall–Kier alpha value is -1.36. The molecule has 21 heavy (non-hydrogen) atoms. The lowest BCUT2D eigenvalue weighted by atomic mass is 9.97. The van der Waals surface area contributed by atoms with Gasteiger partial charge in [-0.2, -0.15) is 0 Å². The van der Waals surface area contributed by atoms with Crippen LogP contribution >= 0.6 is 0 Å². The molecule has 2 N–H and O–H groups in total. The number of anilines is 2. The quantitative estimate of drug-likeness (QED) is 0.839. The Morgan fingerprint density at radius 2 is 1.76 bits per heavy atom. The highest BCUT2D eigenvalue weighted by Crippen LogP contribution is 2.21. The van der Waals surface area contributed by atoms with Crippen LogP contribution in [0, 0.1) is 0 Å². The number of hydrogen-bond acceptors (Lipinski definition) is 5. The summed E-state index contributed by atoms with van der Waals surface area (Å²) in [6.07, 6.45) is 9.21. The smallest absolute Gasteiger partial charge is 0.158 e. The summed E-state index contributed by atoms with van der Waals surface area (Å²) in [5.74, 6) is 2.51. The second-order valence-corrected chi connectivity index (χ2v) is 5.70. The van der Waals surface area contributed by atoms with Gasteiger partial charge in [0.25, 0.3) is 0 Å². The Morgan fingerprint density at radius 3 is 2.43 bits per heavy atom. The fourth-order valence-electron chi connectivity index (χ4n) is 2.85. The van der Waals surface area contributed by atoms with Crippen molar-refractivity contribution in [1.82, 2.24) is 9.97 Å². The topological polar surface area (TPSA) is 59.1 Å². The molecule has 0 radical (unpaired) electrons. The number of aromatic nitrogens is 2. The summed E-state index contributed by atoms with van der Waals surface area (Å²) in [6.45, 7) is 3.37. The van der Waals surface area contributed by atoms with Crippen LogP contribution in [0.3, 0.4) is 0 Å². The van der Waals surface area contributed by atoms with E-state index in [0.29, 0.717) is 12.6 Å². The van der Waals surface area contributed by atoms with Gasteiger partial charge in [-0.1, -0.05) is 32.1 Å². The first-order valence-corrected chi connectivity index (χ1v) is 8.19. The number of ether oxygens (including phenoxy) is 1. The van der Waals surface area contributed by atoms with Gasteiger partial charge in [0.2, 0.25) is 0 Å². The molecule has 0 saturated heterocycles. The summed E-state index contributed by atoms with van der Waals surface area (Å²) < 4.78 is 5.16. The lowest BCUT2D eigenvalue weighted by Crippen LogP contribution is -2.22. The maximum atomic E-state index is 5.16. The maximum Gasteiger partial charge on any atom is 0.158 e. The van der Waals surface area contributed by atoms with Gasteiger partial charge in [-0.05, 0) is 19.8 Å². The minimum absolute atomic E-state index is 0.443. The SMILES string of the molecule is CCNc1cc(NC2CCCCCCC2)nc(COC)n1. The third-order valence-electron chi connectivity index (χ3n) is 3.86. The zero-order valence-corrected chi connectivity index (χ0v) is 13.3. The zero-order valence-electron chi connectivity index (χ0n) is 13.3. The summed E-state index contributed by atoms with van der Waals surface area (Å²) in [5.41, 5.74) is 0. The van der Waals surface area contributed by atoms with Crippen LogP contribution in [0.5, 0.6) is 0 Å². The van der Waals surface area contributed by atoms with Crippen LogP contribution in [-0.4, -0.2) is 29.7 Å². The van der Waals surface area contributed by atoms with Crippen molar-refractivity contribution in [2.24, 2.45) is 0 Å². The van der Waals surface area contributed by atoms with Crippen molar-refractivity contribution in [2.45, 2.75) is 64.5 Å². The Morgan fingerprint density at radius 1 is 1.10 bits per heavy atom. The molecular weight excluding hydrogens is 264 g/mol. The average molecular weight is 292 g/mol. The van der Waals surface area contributed by atoms with E-state index in [-0.39, 0.29) is 0 Å². The van der Waals surface area contributed by atoms with Crippen LogP contribution in [0.1, 0.15) is 57.7 Å². The largest absolute Gasteiger partial charge is 0.377 e. The van der Waals surface area contributed by atoms with E-state index in [2.05, 4.69) is 27.5 Å². The molecule has 5 nitrogen and oxygen atoms in total. The van der Waals surface area contributed by atoms with Crippen molar-refractivity contribution in [2.75, 3.05) is 24.3 Å². The molecule has 0 atom stereocenters. The van der Waals surface area contributed by atoms with Crippen LogP contribution in [0.25, 0.3) is 0 Å². The number of nitrogens with one attached hydrogen (secondary N) is 2. The average Bonchev–Trinajstić information content (AvgIpc) is 2.42. The molecule has 0 unspecified atom stereocenters. The highest BCUT2D eigenvalue weighted by Gasteiger charge is 2.13. The third kappa shape index (κ3) is 5.50. The molecule has 1 fully saturated rings. The van der Waals surface area contributed by atoms with Crippen LogP contribution in [0.2, 0.25) is 0 Å². The highest BCUT2D eigenvalue weighted by molar-refractivity contribution is 5.48. The van der Waals surface area contributed by atoms with Gasteiger partial charge < -0.3 is 15.4 Å². The molecule has 1 saturated carbocycles. The van der Waals surface area contributed by atoms with Crippen LogP contribution < -0.4 is 10.6 Å². The molecule has 1 aliphatic carbocycles. The molecule has 1 aromatic rings. The van der Waals surface area contributed by atoms with E-state index in [9.17, 15) is 0 Å². The fraction of sp³-hybridized carbons (Fsp3) is 0.750. The second kappa shape index (κ2) is 8.82. The maximum absolute atomic E-state index is 5.16. The van der Waals surface area contributed by atoms with Crippen LogP contribution in [0.4, 0.5) is 11.6 Å². The number of hydrogen-bond donors (Lipinski definition) is 2. The van der Waals surface area contributed by atoms with E-state index in [1.54, 1.807) is 7.11 Å². The zero-order chi connectivity index (χ0) is 14.9. The van der Waals surface area contributed by atoms with E-state index < -0.39 is 0 Å². The minimum Gasteiger partial charge on any atom is -0.377 e. The molecule has 118 valence electrons. The summed E-state index contributed by atoms with van der Waals surface area (Å²) in [5, 5.41) is 6.86. The predicted octanol–water partition coefficient (Wildman–Crippen LogP) is 3.58. The monoisotopic (exact) mass is 292 g/mol. The Kier molecular flexibility index (Phi) is 6.73. The Balaban J connectivity index is 2.05. The molecule has 5 heteroatoms. The van der Waals surface area contributed by atoms with Crippen molar-refractivity contribution < 1.29 is 4.74 Å². The molecule has 1 aliphatic rings. The first-order chi connectivity index (χ1) is 10.3. The molecule has 0 bridgehead atoms. The van der Waals surface area contributed by atoms with Crippen LogP contribution in [0.15, 0.2) is 6.07 Å². The van der Waals surface area contributed by atoms with Crippen molar-refractivity contribution in [3.8, 4) is 0 Å². The normalized spacial score (nSPS) is 17.0. The van der Waals surface area contributed by atoms with Gasteiger partial charge in [0.1, 0.15) is 18.2 Å². The Labute approximate surface area is 127 Å². The van der Waals surface area contributed by atoms with Gasteiger partial charge in [0.15, 0.2) is 5.82 Å². The first kappa shape index (κ1) is 16.0. The van der Waals surface area contributed by atoms with Crippen molar-refractivity contribution in [3.63, 3.8) is 0 Å². The summed E-state index contributed by atoms with van der Waals surface area (Å²) in [4.78, 5) is 9.02. The molecule has 2 rings (SSSR count). The third-order valence-corrected chi connectivity index (χ3v) is 3.86. The summed E-state index contributed by atoms with van der Waals surface area (Å²) in [6, 6.07) is 2.53. The number of rotatable bonds is 6. The van der Waals surface area contributed by atoms with Gasteiger partial charge in [0, 0.05) is 25.8 Å². The molecule has 1 heterocycles. The number of nitrogens with zero attached hydrogens (tertiary/aromatic N) is 2. The highest BCUT2D eigenvalue weighted by atomic mass is 16.5. The molecule has 0 amide bonds. The number of methoxy groups -OCH3 is 1. The minimum atomic E-state index is 0.443. The van der Waals surface area contributed by atoms with Gasteiger partial charge in [-0.25, -0.2) is 9.97 Å². The van der Waals surface area contributed by atoms with Gasteiger partial charge in [-0.15, -0.1) is 0 Å². The summed E-state index contributed by atoms with van der Waals surface area (Å²) in [7, 11) is 1.67. The van der Waals surface area contributed by atoms with Crippen molar-refractivity contribution in [3.05, 3.63) is 11.9 Å². The van der Waals surface area contributed by atoms with E-state index >= 15 is 0 Å².